The molecule has 0 amide bonds. The van der Waals surface area contributed by atoms with Crippen molar-refractivity contribution in [2.24, 2.45) is 0 Å². The van der Waals surface area contributed by atoms with Crippen LogP contribution in [0.5, 0.6) is 0 Å². The highest BCUT2D eigenvalue weighted by molar-refractivity contribution is 8.00. The van der Waals surface area contributed by atoms with Gasteiger partial charge in [0.15, 0.2) is 0 Å². The van der Waals surface area contributed by atoms with E-state index in [9.17, 15) is 20.4 Å². The molecule has 0 bridgehead atoms. The van der Waals surface area contributed by atoms with E-state index in [0.717, 1.165) is 51.6 Å². The molecule has 4 rings (SSSR count). The third kappa shape index (κ3) is 8.38. The Kier molecular flexibility index (Phi) is 11.8. The molecule has 4 nitrogen and oxygen atoms in total. The number of aliphatic hydroxyl groups excluding tert-OH is 4. The Morgan fingerprint density at radius 2 is 0.718 bits per heavy atom. The molecule has 0 atom stereocenters. The standard InChI is InChI=1S/C32H34O4S3/c33-19-15-23-3-1-5-31(29(23)17-21-35)38-27-11-7-25(8-12-27)37-26-9-13-28(14-10-26)39-32-6-2-4-24(16-20-34)30(32)18-22-36/h1-14,33-36H,15-22H2. The van der Waals surface area contributed by atoms with Crippen LogP contribution in [-0.2, 0) is 25.7 Å². The highest BCUT2D eigenvalue weighted by Gasteiger charge is 2.11. The van der Waals surface area contributed by atoms with Gasteiger partial charge in [-0.2, -0.15) is 0 Å². The largest absolute Gasteiger partial charge is 0.396 e. The predicted molar refractivity (Wildman–Crippen MR) is 161 cm³/mol. The highest BCUT2D eigenvalue weighted by Crippen LogP contribution is 2.37. The number of rotatable bonds is 14. The first-order chi connectivity index (χ1) is 19.1. The van der Waals surface area contributed by atoms with Crippen molar-refractivity contribution in [2.45, 2.75) is 55.1 Å². The van der Waals surface area contributed by atoms with Crippen molar-refractivity contribution in [3.05, 3.63) is 107 Å². The summed E-state index contributed by atoms with van der Waals surface area (Å²) < 4.78 is 0. The Morgan fingerprint density at radius 3 is 1.05 bits per heavy atom. The zero-order chi connectivity index (χ0) is 27.5. The molecule has 0 heterocycles. The lowest BCUT2D eigenvalue weighted by atomic mass is 10.0. The van der Waals surface area contributed by atoms with Crippen molar-refractivity contribution in [2.75, 3.05) is 26.4 Å². The van der Waals surface area contributed by atoms with Gasteiger partial charge in [-0.25, -0.2) is 0 Å². The van der Waals surface area contributed by atoms with E-state index in [1.54, 1.807) is 35.3 Å². The van der Waals surface area contributed by atoms with Crippen LogP contribution in [0.3, 0.4) is 0 Å². The summed E-state index contributed by atoms with van der Waals surface area (Å²) in [5.74, 6) is 0. The summed E-state index contributed by atoms with van der Waals surface area (Å²) in [5.41, 5.74) is 4.40. The summed E-state index contributed by atoms with van der Waals surface area (Å²) in [6, 6.07) is 29.3. The molecule has 0 aliphatic rings. The molecule has 4 aromatic rings. The first-order valence-electron chi connectivity index (χ1n) is 13.0. The van der Waals surface area contributed by atoms with Gasteiger partial charge in [0, 0.05) is 55.8 Å². The monoisotopic (exact) mass is 578 g/mol. The summed E-state index contributed by atoms with van der Waals surface area (Å²) in [7, 11) is 0. The third-order valence-corrected chi connectivity index (χ3v) is 9.52. The molecule has 0 aliphatic heterocycles. The van der Waals surface area contributed by atoms with E-state index in [4.69, 9.17) is 0 Å². The molecule has 4 aromatic carbocycles. The van der Waals surface area contributed by atoms with Crippen molar-refractivity contribution < 1.29 is 20.4 Å². The molecule has 0 unspecified atom stereocenters. The fraction of sp³-hybridized carbons (Fsp3) is 0.250. The van der Waals surface area contributed by atoms with Crippen molar-refractivity contribution >= 4 is 35.3 Å². The van der Waals surface area contributed by atoms with Gasteiger partial charge in [0.05, 0.1) is 0 Å². The zero-order valence-corrected chi connectivity index (χ0v) is 24.2. The second-order valence-electron chi connectivity index (χ2n) is 8.93. The van der Waals surface area contributed by atoms with Crippen LogP contribution in [0, 0.1) is 0 Å². The van der Waals surface area contributed by atoms with E-state index in [2.05, 4.69) is 60.7 Å². The first kappa shape index (κ1) is 29.7. The lowest BCUT2D eigenvalue weighted by Crippen LogP contribution is -2.02. The molecule has 4 N–H and O–H groups in total. The number of benzene rings is 4. The van der Waals surface area contributed by atoms with Gasteiger partial charge < -0.3 is 20.4 Å². The minimum atomic E-state index is 0.0861. The second kappa shape index (κ2) is 15.5. The molecule has 0 saturated heterocycles. The van der Waals surface area contributed by atoms with Crippen molar-refractivity contribution in [3.63, 3.8) is 0 Å². The first-order valence-corrected chi connectivity index (χ1v) is 15.5. The normalized spacial score (nSPS) is 11.2. The fourth-order valence-corrected chi connectivity index (χ4v) is 7.33. The predicted octanol–water partition coefficient (Wildman–Crippen LogP) is 6.28. The lowest BCUT2D eigenvalue weighted by Gasteiger charge is -2.14. The van der Waals surface area contributed by atoms with Gasteiger partial charge in [0.25, 0.3) is 0 Å². The topological polar surface area (TPSA) is 80.9 Å². The fourth-order valence-electron chi connectivity index (χ4n) is 4.46. The van der Waals surface area contributed by atoms with Crippen molar-refractivity contribution in [3.8, 4) is 0 Å². The van der Waals surface area contributed by atoms with Gasteiger partial charge >= 0.3 is 0 Å². The summed E-state index contributed by atoms with van der Waals surface area (Å²) in [6.45, 7) is 0.368. The number of hydrogen-bond acceptors (Lipinski definition) is 7. The van der Waals surface area contributed by atoms with Gasteiger partial charge in [-0.3, -0.25) is 0 Å². The van der Waals surface area contributed by atoms with Crippen LogP contribution in [0.15, 0.2) is 114 Å². The molecule has 0 saturated carbocycles. The van der Waals surface area contributed by atoms with Crippen LogP contribution in [-0.4, -0.2) is 46.9 Å². The third-order valence-electron chi connectivity index (χ3n) is 6.28. The quantitative estimate of drug-likeness (QED) is 0.140. The van der Waals surface area contributed by atoms with Gasteiger partial charge in [-0.05, 0) is 109 Å². The van der Waals surface area contributed by atoms with Crippen molar-refractivity contribution in [1.29, 1.82) is 0 Å². The number of aliphatic hydroxyl groups is 4. The SMILES string of the molecule is OCCc1cccc(Sc2ccc(Sc3ccc(Sc4cccc(CCO)c4CCO)cc3)cc2)c1CCO. The summed E-state index contributed by atoms with van der Waals surface area (Å²) in [6.07, 6.45) is 2.35. The summed E-state index contributed by atoms with van der Waals surface area (Å²) in [4.78, 5) is 6.82. The molecule has 0 spiro atoms. The summed E-state index contributed by atoms with van der Waals surface area (Å²) in [5, 5.41) is 37.9. The van der Waals surface area contributed by atoms with Gasteiger partial charge in [0.2, 0.25) is 0 Å². The average Bonchev–Trinajstić information content (AvgIpc) is 2.95. The second-order valence-corrected chi connectivity index (χ2v) is 12.3. The van der Waals surface area contributed by atoms with Crippen LogP contribution >= 0.6 is 35.3 Å². The highest BCUT2D eigenvalue weighted by atomic mass is 32.2. The zero-order valence-electron chi connectivity index (χ0n) is 21.8. The Balaban J connectivity index is 1.41. The maximum atomic E-state index is 9.54. The van der Waals surface area contributed by atoms with E-state index >= 15 is 0 Å². The Labute approximate surface area is 243 Å². The molecule has 7 heteroatoms. The Morgan fingerprint density at radius 1 is 0.385 bits per heavy atom. The van der Waals surface area contributed by atoms with E-state index in [0.29, 0.717) is 25.7 Å². The molecule has 204 valence electrons. The van der Waals surface area contributed by atoms with E-state index in [1.165, 1.54) is 0 Å². The molecule has 0 fully saturated rings. The number of hydrogen-bond donors (Lipinski definition) is 4. The molecule has 0 aromatic heterocycles. The summed E-state index contributed by atoms with van der Waals surface area (Å²) >= 11 is 5.09. The lowest BCUT2D eigenvalue weighted by molar-refractivity contribution is 0.292. The van der Waals surface area contributed by atoms with Gasteiger partial charge in [-0.1, -0.05) is 59.6 Å². The van der Waals surface area contributed by atoms with Crippen LogP contribution in [0.4, 0.5) is 0 Å². The molecule has 0 radical (unpaired) electrons. The van der Waals surface area contributed by atoms with Crippen LogP contribution in [0.1, 0.15) is 22.3 Å². The molecule has 0 aliphatic carbocycles. The Bertz CT molecular complexity index is 1220. The molecular weight excluding hydrogens is 545 g/mol. The average molecular weight is 579 g/mol. The molecule has 39 heavy (non-hydrogen) atoms. The van der Waals surface area contributed by atoms with Crippen LogP contribution in [0.25, 0.3) is 0 Å². The van der Waals surface area contributed by atoms with Crippen LogP contribution < -0.4 is 0 Å². The van der Waals surface area contributed by atoms with Gasteiger partial charge in [0.1, 0.15) is 0 Å². The minimum Gasteiger partial charge on any atom is -0.396 e. The van der Waals surface area contributed by atoms with Crippen LogP contribution in [0.2, 0.25) is 0 Å². The minimum absolute atomic E-state index is 0.0861. The van der Waals surface area contributed by atoms with Crippen molar-refractivity contribution in [1.82, 2.24) is 0 Å². The smallest absolute Gasteiger partial charge is 0.0471 e. The van der Waals surface area contributed by atoms with E-state index in [-0.39, 0.29) is 26.4 Å². The van der Waals surface area contributed by atoms with Gasteiger partial charge in [-0.15, -0.1) is 0 Å². The maximum absolute atomic E-state index is 9.54. The maximum Gasteiger partial charge on any atom is 0.0471 e. The van der Waals surface area contributed by atoms with E-state index in [1.807, 2.05) is 24.3 Å². The van der Waals surface area contributed by atoms with E-state index < -0.39 is 0 Å². The Hall–Kier alpha value is -2.23. The molecular formula is C32H34O4S3.